The Kier molecular flexibility index (Phi) is 10.9. The lowest BCUT2D eigenvalue weighted by Crippen LogP contribution is -2.39. The van der Waals surface area contributed by atoms with Gasteiger partial charge in [0.2, 0.25) is 0 Å². The fourth-order valence-electron chi connectivity index (χ4n) is 5.37. The van der Waals surface area contributed by atoms with Crippen molar-refractivity contribution in [2.45, 2.75) is 71.8 Å². The van der Waals surface area contributed by atoms with Crippen LogP contribution in [0.2, 0.25) is 0 Å². The molecule has 3 aromatic carbocycles. The molecular formula is C35H43N3O3. The number of aryl methyl sites for hydroxylation is 2. The quantitative estimate of drug-likeness (QED) is 0.152. The topological polar surface area (TPSA) is 64.4 Å². The third-order valence-corrected chi connectivity index (χ3v) is 7.68. The molecule has 0 N–H and O–H groups in total. The molecule has 0 spiro atoms. The fourth-order valence-corrected chi connectivity index (χ4v) is 5.37. The summed E-state index contributed by atoms with van der Waals surface area (Å²) in [4.78, 5) is 35.0. The van der Waals surface area contributed by atoms with E-state index in [9.17, 15) is 9.59 Å². The normalized spacial score (nSPS) is 12.0. The van der Waals surface area contributed by atoms with E-state index in [1.807, 2.05) is 79.4 Å². The van der Waals surface area contributed by atoms with Gasteiger partial charge in [0.25, 0.3) is 11.5 Å². The van der Waals surface area contributed by atoms with Crippen LogP contribution in [0, 0.1) is 6.92 Å². The predicted octanol–water partition coefficient (Wildman–Crippen LogP) is 7.45. The van der Waals surface area contributed by atoms with Gasteiger partial charge in [0.05, 0.1) is 22.6 Å². The van der Waals surface area contributed by atoms with E-state index in [4.69, 9.17) is 9.72 Å². The van der Waals surface area contributed by atoms with Crippen LogP contribution in [0.1, 0.15) is 85.7 Å². The van der Waals surface area contributed by atoms with Gasteiger partial charge in [-0.25, -0.2) is 4.98 Å². The maximum absolute atomic E-state index is 14.1. The molecular weight excluding hydrogens is 510 g/mol. The maximum Gasteiger partial charge on any atom is 0.266 e. The second-order valence-corrected chi connectivity index (χ2v) is 10.7. The zero-order chi connectivity index (χ0) is 29.2. The molecule has 4 rings (SSSR count). The van der Waals surface area contributed by atoms with Crippen molar-refractivity contribution in [3.05, 3.63) is 106 Å². The molecule has 0 bridgehead atoms. The first kappa shape index (κ1) is 30.2. The molecule has 1 aromatic heterocycles. The number of fused-ring (bicyclic) bond motifs is 1. The van der Waals surface area contributed by atoms with Crippen molar-refractivity contribution >= 4 is 16.8 Å². The van der Waals surface area contributed by atoms with E-state index in [-0.39, 0.29) is 11.5 Å². The van der Waals surface area contributed by atoms with Crippen LogP contribution in [0.3, 0.4) is 0 Å². The molecule has 1 atom stereocenters. The van der Waals surface area contributed by atoms with E-state index < -0.39 is 6.04 Å². The molecule has 0 fully saturated rings. The van der Waals surface area contributed by atoms with Gasteiger partial charge < -0.3 is 9.64 Å². The molecule has 6 heteroatoms. The summed E-state index contributed by atoms with van der Waals surface area (Å²) in [5.74, 6) is 0.502. The molecule has 0 saturated carbocycles. The number of methoxy groups -OCH3 is 1. The van der Waals surface area contributed by atoms with Gasteiger partial charge >= 0.3 is 0 Å². The number of nitrogens with zero attached hydrogens (tertiary/aromatic N) is 3. The Balaban J connectivity index is 1.76. The van der Waals surface area contributed by atoms with Crippen LogP contribution in [0.25, 0.3) is 16.6 Å². The highest BCUT2D eigenvalue weighted by molar-refractivity contribution is 5.94. The van der Waals surface area contributed by atoms with Crippen LogP contribution >= 0.6 is 0 Å². The molecule has 41 heavy (non-hydrogen) atoms. The van der Waals surface area contributed by atoms with Crippen molar-refractivity contribution in [2.24, 2.45) is 0 Å². The van der Waals surface area contributed by atoms with Crippen molar-refractivity contribution in [3.8, 4) is 5.69 Å². The lowest BCUT2D eigenvalue weighted by Gasteiger charge is -2.32. The van der Waals surface area contributed by atoms with E-state index in [0.29, 0.717) is 48.3 Å². The van der Waals surface area contributed by atoms with Gasteiger partial charge in [0.15, 0.2) is 0 Å². The van der Waals surface area contributed by atoms with Crippen LogP contribution in [-0.4, -0.2) is 40.6 Å². The number of carbonyl (C=O) groups excluding carboxylic acids is 1. The van der Waals surface area contributed by atoms with Crippen LogP contribution < -0.4 is 5.56 Å². The summed E-state index contributed by atoms with van der Waals surface area (Å²) >= 11 is 0. The molecule has 0 saturated heterocycles. The third kappa shape index (κ3) is 7.31. The van der Waals surface area contributed by atoms with Crippen molar-refractivity contribution < 1.29 is 9.53 Å². The zero-order valence-electron chi connectivity index (χ0n) is 24.9. The number of aromatic nitrogens is 2. The predicted molar refractivity (Wildman–Crippen MR) is 167 cm³/mol. The van der Waals surface area contributed by atoms with Crippen molar-refractivity contribution in [1.82, 2.24) is 14.5 Å². The highest BCUT2D eigenvalue weighted by Gasteiger charge is 2.29. The summed E-state index contributed by atoms with van der Waals surface area (Å²) in [6.45, 7) is 7.30. The lowest BCUT2D eigenvalue weighted by molar-refractivity contribution is 0.0634. The van der Waals surface area contributed by atoms with Gasteiger partial charge in [-0.2, -0.15) is 0 Å². The number of benzene rings is 3. The molecule has 1 amide bonds. The van der Waals surface area contributed by atoms with Gasteiger partial charge in [-0.1, -0.05) is 75.1 Å². The number of hydrogen-bond donors (Lipinski definition) is 0. The molecule has 0 radical (unpaired) electrons. The van der Waals surface area contributed by atoms with Crippen LogP contribution in [-0.2, 0) is 11.2 Å². The molecule has 0 aliphatic heterocycles. The largest absolute Gasteiger partial charge is 0.385 e. The third-order valence-electron chi connectivity index (χ3n) is 7.68. The maximum atomic E-state index is 14.1. The first-order valence-corrected chi connectivity index (χ1v) is 15.0. The highest BCUT2D eigenvalue weighted by atomic mass is 16.5. The smallest absolute Gasteiger partial charge is 0.266 e. The van der Waals surface area contributed by atoms with Gasteiger partial charge in [0, 0.05) is 25.8 Å². The van der Waals surface area contributed by atoms with Gasteiger partial charge in [-0.15, -0.1) is 0 Å². The Morgan fingerprint density at radius 2 is 1.66 bits per heavy atom. The number of ether oxygens (including phenoxy) is 1. The molecule has 6 nitrogen and oxygen atoms in total. The Labute approximate surface area is 244 Å². The van der Waals surface area contributed by atoms with E-state index in [1.165, 1.54) is 24.8 Å². The van der Waals surface area contributed by atoms with Gasteiger partial charge in [0.1, 0.15) is 5.82 Å². The van der Waals surface area contributed by atoms with Gasteiger partial charge in [-0.05, 0) is 74.6 Å². The minimum Gasteiger partial charge on any atom is -0.385 e. The zero-order valence-corrected chi connectivity index (χ0v) is 24.9. The number of amides is 1. The molecule has 1 unspecified atom stereocenters. The monoisotopic (exact) mass is 553 g/mol. The molecule has 0 aliphatic carbocycles. The Morgan fingerprint density at radius 1 is 0.927 bits per heavy atom. The van der Waals surface area contributed by atoms with Gasteiger partial charge in [-0.3, -0.25) is 14.2 Å². The first-order chi connectivity index (χ1) is 20.0. The van der Waals surface area contributed by atoms with E-state index in [1.54, 1.807) is 11.7 Å². The van der Waals surface area contributed by atoms with Crippen molar-refractivity contribution in [1.29, 1.82) is 0 Å². The summed E-state index contributed by atoms with van der Waals surface area (Å²) in [5.41, 5.74) is 4.23. The number of rotatable bonds is 14. The number of carbonyl (C=O) groups is 1. The highest BCUT2D eigenvalue weighted by Crippen LogP contribution is 2.28. The molecule has 4 aromatic rings. The lowest BCUT2D eigenvalue weighted by atomic mass is 10.0. The second kappa shape index (κ2) is 14.7. The average Bonchev–Trinajstić information content (AvgIpc) is 3.00. The minimum atomic E-state index is -0.410. The Morgan fingerprint density at radius 3 is 2.34 bits per heavy atom. The number of hydrogen-bond acceptors (Lipinski definition) is 4. The fraction of sp³-hybridized carbons (Fsp3) is 0.400. The summed E-state index contributed by atoms with van der Waals surface area (Å²) in [6, 6.07) is 22.9. The summed E-state index contributed by atoms with van der Waals surface area (Å²) < 4.78 is 7.03. The second-order valence-electron chi connectivity index (χ2n) is 10.7. The minimum absolute atomic E-state index is 0.0663. The van der Waals surface area contributed by atoms with Crippen molar-refractivity contribution in [2.75, 3.05) is 20.3 Å². The van der Waals surface area contributed by atoms with E-state index in [2.05, 4.69) is 19.1 Å². The summed E-state index contributed by atoms with van der Waals surface area (Å²) in [6.07, 6.45) is 7.15. The first-order valence-electron chi connectivity index (χ1n) is 15.0. The van der Waals surface area contributed by atoms with E-state index in [0.717, 1.165) is 24.1 Å². The standard InChI is InChI=1S/C35H43N3O3/c1-5-7-8-9-13-27-18-20-28(21-19-27)34(39)37(24-12-25-41-4)32(6-2)33-36-31-15-11-10-14-30(31)35(40)38(33)29-22-16-26(3)17-23-29/h10-11,14-23,32H,5-9,12-13,24-25H2,1-4H3. The molecule has 216 valence electrons. The SMILES string of the molecule is CCCCCCc1ccc(C(=O)N(CCCOC)C(CC)c2nc3ccccc3c(=O)n2-c2ccc(C)cc2)cc1. The van der Waals surface area contributed by atoms with Crippen LogP contribution in [0.5, 0.6) is 0 Å². The number of para-hydroxylation sites is 1. The van der Waals surface area contributed by atoms with Crippen molar-refractivity contribution in [3.63, 3.8) is 0 Å². The average molecular weight is 554 g/mol. The number of unbranched alkanes of at least 4 members (excludes halogenated alkanes) is 3. The van der Waals surface area contributed by atoms with Crippen LogP contribution in [0.15, 0.2) is 77.6 Å². The Bertz CT molecular complexity index is 1480. The summed E-state index contributed by atoms with van der Waals surface area (Å²) in [5, 5.41) is 0.554. The molecule has 1 heterocycles. The summed E-state index contributed by atoms with van der Waals surface area (Å²) in [7, 11) is 1.67. The Hall–Kier alpha value is -3.77. The molecule has 0 aliphatic rings. The van der Waals surface area contributed by atoms with Crippen LogP contribution in [0.4, 0.5) is 0 Å². The van der Waals surface area contributed by atoms with E-state index >= 15 is 0 Å².